The third-order valence-corrected chi connectivity index (χ3v) is 1.15. The average Bonchev–Trinajstić information content (AvgIpc) is 2.33. The predicted octanol–water partition coefficient (Wildman–Crippen LogP) is 1.22. The van der Waals surface area contributed by atoms with Crippen LogP contribution in [0.25, 0.3) is 11.1 Å². The molecule has 0 N–H and O–H groups in total. The minimum absolute atomic E-state index is 0. The van der Waals surface area contributed by atoms with E-state index in [1.54, 1.807) is 0 Å². The van der Waals surface area contributed by atoms with E-state index >= 15 is 0 Å². The molecule has 0 saturated carbocycles. The summed E-state index contributed by atoms with van der Waals surface area (Å²) in [4.78, 5) is 0. The van der Waals surface area contributed by atoms with Crippen molar-refractivity contribution in [2.24, 2.45) is 0 Å². The van der Waals surface area contributed by atoms with Gasteiger partial charge in [-0.15, -0.1) is 5.10 Å². The van der Waals surface area contributed by atoms with E-state index in [-0.39, 0.29) is 19.5 Å². The predicted molar refractivity (Wildman–Crippen MR) is 31.8 cm³/mol. The van der Waals surface area contributed by atoms with Crippen molar-refractivity contribution in [2.45, 2.75) is 0 Å². The third-order valence-electron chi connectivity index (χ3n) is 1.15. The van der Waals surface area contributed by atoms with Gasteiger partial charge in [0.25, 0.3) is 0 Å². The molecule has 10 heavy (non-hydrogen) atoms. The second-order valence-electron chi connectivity index (χ2n) is 1.74. The van der Waals surface area contributed by atoms with Crippen molar-refractivity contribution in [3.05, 3.63) is 24.3 Å². The van der Waals surface area contributed by atoms with Crippen molar-refractivity contribution in [1.82, 2.24) is 10.4 Å². The van der Waals surface area contributed by atoms with Crippen LogP contribution in [0, 0.1) is 0 Å². The van der Waals surface area contributed by atoms with Crippen LogP contribution in [0.15, 0.2) is 28.8 Å². The van der Waals surface area contributed by atoms with Gasteiger partial charge in [0.05, 0.1) is 0 Å². The number of aromatic nitrogens is 2. The molecule has 1 aromatic heterocycles. The van der Waals surface area contributed by atoms with Crippen molar-refractivity contribution in [3.63, 3.8) is 0 Å². The van der Waals surface area contributed by atoms with Crippen molar-refractivity contribution in [3.8, 4) is 0 Å². The fraction of sp³-hybridized carbons (Fsp3) is 0. The van der Waals surface area contributed by atoms with Crippen LogP contribution in [-0.2, 0) is 19.5 Å². The first-order valence-corrected chi connectivity index (χ1v) is 2.64. The molecule has 0 aliphatic heterocycles. The minimum atomic E-state index is 0. The molecule has 0 atom stereocenters. The largest absolute Gasteiger partial charge is 2.00 e. The molecule has 1 heterocycles. The van der Waals surface area contributed by atoms with E-state index in [9.17, 15) is 0 Å². The van der Waals surface area contributed by atoms with Crippen LogP contribution in [0.3, 0.4) is 0 Å². The van der Waals surface area contributed by atoms with Crippen LogP contribution in [0.5, 0.6) is 0 Å². The van der Waals surface area contributed by atoms with Crippen molar-refractivity contribution >= 4 is 11.1 Å². The Kier molecular flexibility index (Phi) is 2.12. The van der Waals surface area contributed by atoms with E-state index in [4.69, 9.17) is 4.52 Å². The molecule has 0 amide bonds. The van der Waals surface area contributed by atoms with Gasteiger partial charge in [0, 0.05) is 5.27 Å². The SMILES string of the molecule is [Zn+2].c1ccc2onnc2c1. The standard InChI is InChI=1S/C6H4N2O.Zn/c1-2-4-6-5(3-1)7-8-9-6;/h1-4H;/q;+2. The van der Waals surface area contributed by atoms with Gasteiger partial charge in [0.15, 0.2) is 5.58 Å². The molecule has 0 saturated heterocycles. The zero-order chi connectivity index (χ0) is 6.10. The maximum absolute atomic E-state index is 4.76. The van der Waals surface area contributed by atoms with Gasteiger partial charge in [-0.1, -0.05) is 12.1 Å². The Morgan fingerprint density at radius 1 is 1.20 bits per heavy atom. The number of benzene rings is 1. The molecule has 0 aliphatic carbocycles. The molecule has 0 fully saturated rings. The van der Waals surface area contributed by atoms with Gasteiger partial charge >= 0.3 is 19.5 Å². The summed E-state index contributed by atoms with van der Waals surface area (Å²) in [6.45, 7) is 0. The normalized spacial score (nSPS) is 9.20. The summed E-state index contributed by atoms with van der Waals surface area (Å²) in [6.07, 6.45) is 0. The van der Waals surface area contributed by atoms with Gasteiger partial charge in [-0.25, -0.2) is 0 Å². The van der Waals surface area contributed by atoms with Crippen molar-refractivity contribution in [2.75, 3.05) is 0 Å². The molecule has 0 unspecified atom stereocenters. The summed E-state index contributed by atoms with van der Waals surface area (Å²) >= 11 is 0. The van der Waals surface area contributed by atoms with E-state index < -0.39 is 0 Å². The average molecular weight is 186 g/mol. The molecule has 44 valence electrons. The van der Waals surface area contributed by atoms with E-state index in [0.29, 0.717) is 0 Å². The summed E-state index contributed by atoms with van der Waals surface area (Å²) in [5.74, 6) is 0. The molecule has 0 bridgehead atoms. The van der Waals surface area contributed by atoms with Crippen molar-refractivity contribution < 1.29 is 24.0 Å². The molecule has 4 heteroatoms. The van der Waals surface area contributed by atoms with Crippen LogP contribution in [0.2, 0.25) is 0 Å². The Balaban J connectivity index is 0.000000500. The number of hydrogen-bond donors (Lipinski definition) is 0. The Hall–Kier alpha value is -0.757. The fourth-order valence-corrected chi connectivity index (χ4v) is 0.725. The first-order chi connectivity index (χ1) is 4.47. The zero-order valence-corrected chi connectivity index (χ0v) is 8.29. The van der Waals surface area contributed by atoms with Gasteiger partial charge in [-0.05, 0) is 12.1 Å². The van der Waals surface area contributed by atoms with E-state index in [1.807, 2.05) is 24.3 Å². The number of hydrogen-bond acceptors (Lipinski definition) is 3. The second kappa shape index (κ2) is 2.89. The summed E-state index contributed by atoms with van der Waals surface area (Å²) in [7, 11) is 0. The third kappa shape index (κ3) is 1.07. The maximum Gasteiger partial charge on any atom is 2.00 e. The molecule has 0 radical (unpaired) electrons. The maximum atomic E-state index is 4.76. The topological polar surface area (TPSA) is 38.9 Å². The summed E-state index contributed by atoms with van der Waals surface area (Å²) in [5, 5.41) is 7.08. The smallest absolute Gasteiger partial charge is 0.337 e. The van der Waals surface area contributed by atoms with Gasteiger partial charge in [-0.3, -0.25) is 0 Å². The molecule has 1 aromatic carbocycles. The zero-order valence-electron chi connectivity index (χ0n) is 5.32. The minimum Gasteiger partial charge on any atom is -0.337 e. The summed E-state index contributed by atoms with van der Waals surface area (Å²) in [5.41, 5.74) is 1.54. The molecular formula is C6H4N2OZn+2. The fourth-order valence-electron chi connectivity index (χ4n) is 0.725. The molecule has 0 aliphatic rings. The number of rotatable bonds is 0. The Morgan fingerprint density at radius 3 is 2.80 bits per heavy atom. The number of para-hydroxylation sites is 1. The Bertz CT molecular complexity index is 290. The first kappa shape index (κ1) is 7.35. The van der Waals surface area contributed by atoms with Crippen molar-refractivity contribution in [1.29, 1.82) is 0 Å². The summed E-state index contributed by atoms with van der Waals surface area (Å²) in [6, 6.07) is 7.46. The van der Waals surface area contributed by atoms with Crippen LogP contribution in [0.1, 0.15) is 0 Å². The molecule has 2 aromatic rings. The second-order valence-corrected chi connectivity index (χ2v) is 1.74. The Morgan fingerprint density at radius 2 is 2.00 bits per heavy atom. The Labute approximate surface area is 70.1 Å². The molecular weight excluding hydrogens is 181 g/mol. The van der Waals surface area contributed by atoms with Gasteiger partial charge in [0.2, 0.25) is 0 Å². The quantitative estimate of drug-likeness (QED) is 0.580. The van der Waals surface area contributed by atoms with Gasteiger partial charge < -0.3 is 4.52 Å². The molecule has 0 spiro atoms. The number of nitrogens with zero attached hydrogens (tertiary/aromatic N) is 2. The molecule has 3 nitrogen and oxygen atoms in total. The monoisotopic (exact) mass is 184 g/mol. The van der Waals surface area contributed by atoms with E-state index in [0.717, 1.165) is 11.1 Å². The van der Waals surface area contributed by atoms with Crippen LogP contribution in [-0.4, -0.2) is 10.4 Å². The van der Waals surface area contributed by atoms with Crippen LogP contribution in [0.4, 0.5) is 0 Å². The van der Waals surface area contributed by atoms with E-state index in [2.05, 4.69) is 10.4 Å². The van der Waals surface area contributed by atoms with Gasteiger partial charge in [-0.2, -0.15) is 0 Å². The van der Waals surface area contributed by atoms with E-state index in [1.165, 1.54) is 0 Å². The van der Waals surface area contributed by atoms with Crippen LogP contribution >= 0.6 is 0 Å². The first-order valence-electron chi connectivity index (χ1n) is 2.64. The molecule has 2 rings (SSSR count). The van der Waals surface area contributed by atoms with Gasteiger partial charge in [0.1, 0.15) is 5.52 Å². The number of fused-ring (bicyclic) bond motifs is 1. The summed E-state index contributed by atoms with van der Waals surface area (Å²) < 4.78 is 4.76. The van der Waals surface area contributed by atoms with Crippen LogP contribution < -0.4 is 0 Å².